The van der Waals surface area contributed by atoms with Crippen LogP contribution in [0.4, 0.5) is 5.69 Å². The van der Waals surface area contributed by atoms with E-state index in [-0.39, 0.29) is 5.91 Å². The quantitative estimate of drug-likeness (QED) is 0.599. The number of anilines is 1. The molecule has 0 saturated heterocycles. The Morgan fingerprint density at radius 3 is 2.89 bits per heavy atom. The van der Waals surface area contributed by atoms with Gasteiger partial charge in [0.05, 0.1) is 30.1 Å². The molecule has 0 fully saturated rings. The molecule has 0 saturated carbocycles. The van der Waals surface area contributed by atoms with Crippen LogP contribution in [0.3, 0.4) is 0 Å². The number of carbonyl (C=O) groups is 1. The van der Waals surface area contributed by atoms with Gasteiger partial charge in [-0.1, -0.05) is 29.8 Å². The van der Waals surface area contributed by atoms with E-state index in [2.05, 4.69) is 10.2 Å². The minimum Gasteiger partial charge on any atom is -0.489 e. The first-order valence-electron chi connectivity index (χ1n) is 8.80. The maximum Gasteiger partial charge on any atom is 0.279 e. The molecule has 0 N–H and O–H groups in total. The van der Waals surface area contributed by atoms with Crippen molar-refractivity contribution in [2.75, 3.05) is 24.7 Å². The number of carbonyl (C=O) groups excluding carboxylic acids is 1. The van der Waals surface area contributed by atoms with E-state index < -0.39 is 0 Å². The predicted molar refractivity (Wildman–Crippen MR) is 106 cm³/mol. The van der Waals surface area contributed by atoms with Crippen LogP contribution in [0.2, 0.25) is 5.02 Å². The van der Waals surface area contributed by atoms with Gasteiger partial charge in [-0.15, -0.1) is 5.10 Å². The van der Waals surface area contributed by atoms with Gasteiger partial charge < -0.3 is 14.4 Å². The van der Waals surface area contributed by atoms with E-state index in [1.807, 2.05) is 31.2 Å². The molecule has 2 aliphatic rings. The second-order valence-corrected chi connectivity index (χ2v) is 6.55. The smallest absolute Gasteiger partial charge is 0.279 e. The van der Waals surface area contributed by atoms with Gasteiger partial charge in [-0.3, -0.25) is 4.79 Å². The van der Waals surface area contributed by atoms with E-state index in [1.165, 1.54) is 0 Å². The van der Waals surface area contributed by atoms with Crippen LogP contribution in [0.15, 0.2) is 46.6 Å². The molecule has 2 aliphatic heterocycles. The van der Waals surface area contributed by atoms with Crippen LogP contribution in [0.25, 0.3) is 0 Å². The third kappa shape index (κ3) is 3.28. The highest BCUT2D eigenvalue weighted by atomic mass is 35.5. The van der Waals surface area contributed by atoms with Crippen molar-refractivity contribution in [3.8, 4) is 11.5 Å². The summed E-state index contributed by atoms with van der Waals surface area (Å²) in [6.07, 6.45) is 2.36. The van der Waals surface area contributed by atoms with Crippen LogP contribution in [-0.2, 0) is 4.79 Å². The Bertz CT molecular complexity index is 955. The molecule has 0 spiro atoms. The lowest BCUT2D eigenvalue weighted by Gasteiger charge is -2.12. The number of hydrogen-bond acceptors (Lipinski definition) is 5. The van der Waals surface area contributed by atoms with E-state index in [0.29, 0.717) is 42.0 Å². The highest BCUT2D eigenvalue weighted by molar-refractivity contribution is 6.54. The van der Waals surface area contributed by atoms with Crippen molar-refractivity contribution in [3.05, 3.63) is 52.5 Å². The summed E-state index contributed by atoms with van der Waals surface area (Å²) in [5, 5.41) is 8.76. The average molecular weight is 384 g/mol. The Kier molecular flexibility index (Phi) is 4.81. The molecular weight excluding hydrogens is 366 g/mol. The van der Waals surface area contributed by atoms with Gasteiger partial charge in [0.15, 0.2) is 17.2 Å². The molecule has 1 amide bonds. The zero-order valence-electron chi connectivity index (χ0n) is 14.8. The largest absolute Gasteiger partial charge is 0.489 e. The first kappa shape index (κ1) is 17.5. The van der Waals surface area contributed by atoms with E-state index in [1.54, 1.807) is 23.2 Å². The number of likely N-dealkylation sites (N-methyl/N-ethyl adjacent to an activating group) is 1. The fourth-order valence-electron chi connectivity index (χ4n) is 3.15. The third-order valence-corrected chi connectivity index (χ3v) is 4.68. The molecule has 4 rings (SSSR count). The highest BCUT2D eigenvalue weighted by Gasteiger charge is 2.32. The van der Waals surface area contributed by atoms with E-state index >= 15 is 0 Å². The van der Waals surface area contributed by atoms with Gasteiger partial charge in [-0.25, -0.2) is 0 Å². The van der Waals surface area contributed by atoms with Crippen LogP contribution in [0.1, 0.15) is 24.5 Å². The number of amides is 1. The number of nitrogens with zero attached hydrogens (tertiary/aromatic N) is 3. The summed E-state index contributed by atoms with van der Waals surface area (Å²) in [7, 11) is 0. The Balaban J connectivity index is 1.63. The standard InChI is InChI=1S/C20H18ClN3O3/c1-2-24-16-7-4-3-6-14(16)18(20(24)25)23-22-12-13-10-15(21)19-17(11-13)26-8-5-9-27-19/h3-4,6-7,10-12H,2,5,8-9H2,1H3/b22-12-,23-18+. The van der Waals surface area contributed by atoms with Gasteiger partial charge in [-0.2, -0.15) is 5.10 Å². The summed E-state index contributed by atoms with van der Waals surface area (Å²) < 4.78 is 11.3. The van der Waals surface area contributed by atoms with Crippen molar-refractivity contribution in [1.29, 1.82) is 0 Å². The average Bonchev–Trinajstić information content (AvgIpc) is 2.81. The van der Waals surface area contributed by atoms with Gasteiger partial charge in [0, 0.05) is 24.1 Å². The van der Waals surface area contributed by atoms with Crippen molar-refractivity contribution >= 4 is 35.1 Å². The predicted octanol–water partition coefficient (Wildman–Crippen LogP) is 3.69. The maximum atomic E-state index is 12.6. The third-order valence-electron chi connectivity index (χ3n) is 4.40. The second-order valence-electron chi connectivity index (χ2n) is 6.14. The molecule has 2 heterocycles. The molecule has 2 aromatic carbocycles. The zero-order chi connectivity index (χ0) is 18.8. The number of hydrogen-bond donors (Lipinski definition) is 0. The lowest BCUT2D eigenvalue weighted by atomic mass is 10.1. The summed E-state index contributed by atoms with van der Waals surface area (Å²) in [6, 6.07) is 11.1. The molecule has 0 aromatic heterocycles. The molecule has 0 atom stereocenters. The molecule has 27 heavy (non-hydrogen) atoms. The number of para-hydroxylation sites is 1. The molecule has 2 aromatic rings. The van der Waals surface area contributed by atoms with Crippen molar-refractivity contribution in [3.63, 3.8) is 0 Å². The molecule has 0 bridgehead atoms. The molecule has 0 aliphatic carbocycles. The number of halogens is 1. The van der Waals surface area contributed by atoms with Crippen molar-refractivity contribution < 1.29 is 14.3 Å². The van der Waals surface area contributed by atoms with Crippen LogP contribution < -0.4 is 14.4 Å². The van der Waals surface area contributed by atoms with Gasteiger partial charge in [0.1, 0.15) is 0 Å². The minimum absolute atomic E-state index is 0.146. The summed E-state index contributed by atoms with van der Waals surface area (Å²) >= 11 is 6.29. The Hall–Kier alpha value is -2.86. The summed E-state index contributed by atoms with van der Waals surface area (Å²) in [4.78, 5) is 14.3. The summed E-state index contributed by atoms with van der Waals surface area (Å²) in [6.45, 7) is 3.66. The van der Waals surface area contributed by atoms with Gasteiger partial charge in [-0.05, 0) is 25.1 Å². The highest BCUT2D eigenvalue weighted by Crippen LogP contribution is 2.37. The number of rotatable bonds is 3. The fraction of sp³-hybridized carbons (Fsp3) is 0.250. The topological polar surface area (TPSA) is 63.5 Å². The molecule has 6 nitrogen and oxygen atoms in total. The lowest BCUT2D eigenvalue weighted by Crippen LogP contribution is -2.29. The monoisotopic (exact) mass is 383 g/mol. The van der Waals surface area contributed by atoms with Gasteiger partial charge in [0.2, 0.25) is 0 Å². The lowest BCUT2D eigenvalue weighted by molar-refractivity contribution is -0.112. The van der Waals surface area contributed by atoms with Crippen LogP contribution >= 0.6 is 11.6 Å². The van der Waals surface area contributed by atoms with Crippen LogP contribution in [0, 0.1) is 0 Å². The maximum absolute atomic E-state index is 12.6. The molecule has 7 heteroatoms. The molecular formula is C20H18ClN3O3. The fourth-order valence-corrected chi connectivity index (χ4v) is 3.42. The van der Waals surface area contributed by atoms with Crippen molar-refractivity contribution in [2.45, 2.75) is 13.3 Å². The van der Waals surface area contributed by atoms with Crippen LogP contribution in [0.5, 0.6) is 11.5 Å². The number of fused-ring (bicyclic) bond motifs is 2. The SMILES string of the molecule is CCN1C(=O)/C(=N/N=C\c2cc(Cl)c3c(c2)OCCCO3)c2ccccc21. The number of benzene rings is 2. The normalized spacial score (nSPS) is 17.5. The second kappa shape index (κ2) is 7.40. The Labute approximate surface area is 162 Å². The van der Waals surface area contributed by atoms with Gasteiger partial charge >= 0.3 is 0 Å². The first-order valence-corrected chi connectivity index (χ1v) is 9.18. The Morgan fingerprint density at radius 1 is 1.22 bits per heavy atom. The summed E-state index contributed by atoms with van der Waals surface area (Å²) in [5.41, 5.74) is 2.71. The first-order chi connectivity index (χ1) is 13.2. The number of ether oxygens (including phenoxy) is 2. The molecule has 0 unspecified atom stereocenters. The van der Waals surface area contributed by atoms with Crippen molar-refractivity contribution in [2.24, 2.45) is 10.2 Å². The van der Waals surface area contributed by atoms with E-state index in [9.17, 15) is 4.79 Å². The van der Waals surface area contributed by atoms with E-state index in [4.69, 9.17) is 21.1 Å². The molecule has 0 radical (unpaired) electrons. The van der Waals surface area contributed by atoms with Gasteiger partial charge in [0.25, 0.3) is 5.91 Å². The van der Waals surface area contributed by atoms with Crippen LogP contribution in [-0.4, -0.2) is 37.6 Å². The van der Waals surface area contributed by atoms with E-state index in [0.717, 1.165) is 23.2 Å². The Morgan fingerprint density at radius 2 is 2.04 bits per heavy atom. The van der Waals surface area contributed by atoms with Crippen molar-refractivity contribution in [1.82, 2.24) is 0 Å². The zero-order valence-corrected chi connectivity index (χ0v) is 15.6. The summed E-state index contributed by atoms with van der Waals surface area (Å²) in [5.74, 6) is 0.997. The molecule has 138 valence electrons. The minimum atomic E-state index is -0.146.